The number of thioether (sulfide) groups is 1. The Morgan fingerprint density at radius 2 is 1.85 bits per heavy atom. The van der Waals surface area contributed by atoms with Gasteiger partial charge >= 0.3 is 0 Å². The second-order valence-corrected chi connectivity index (χ2v) is 10.9. The molecule has 4 nitrogen and oxygen atoms in total. The summed E-state index contributed by atoms with van der Waals surface area (Å²) in [6, 6.07) is 12.4. The highest BCUT2D eigenvalue weighted by molar-refractivity contribution is 8.13. The van der Waals surface area contributed by atoms with E-state index in [1.165, 1.54) is 11.8 Å². The van der Waals surface area contributed by atoms with Gasteiger partial charge in [0.1, 0.15) is 0 Å². The highest BCUT2D eigenvalue weighted by atomic mass is 35.5. The first-order chi connectivity index (χ1) is 12.8. The minimum Gasteiger partial charge on any atom is -0.315 e. The normalized spacial score (nSPS) is 23.4. The smallest absolute Gasteiger partial charge is 0.164 e. The fourth-order valence-electron chi connectivity index (χ4n) is 3.34. The third-order valence-corrected chi connectivity index (χ3v) is 8.10. The van der Waals surface area contributed by atoms with E-state index in [2.05, 4.69) is 0 Å². The van der Waals surface area contributed by atoms with E-state index < -0.39 is 9.84 Å². The van der Waals surface area contributed by atoms with Gasteiger partial charge in [-0.25, -0.2) is 8.42 Å². The molecule has 1 saturated heterocycles. The average molecular weight is 462 g/mol. The highest BCUT2D eigenvalue weighted by Crippen LogP contribution is 2.37. The van der Waals surface area contributed by atoms with E-state index in [4.69, 9.17) is 39.8 Å². The van der Waals surface area contributed by atoms with Gasteiger partial charge in [0.05, 0.1) is 23.6 Å². The Labute approximate surface area is 177 Å². The summed E-state index contributed by atoms with van der Waals surface area (Å²) in [7, 11) is -3.09. The van der Waals surface area contributed by atoms with Crippen LogP contribution in [0.5, 0.6) is 0 Å². The van der Waals surface area contributed by atoms with Gasteiger partial charge in [0.15, 0.2) is 15.0 Å². The van der Waals surface area contributed by atoms with Crippen LogP contribution in [0.1, 0.15) is 5.56 Å². The molecule has 0 aromatic heterocycles. The van der Waals surface area contributed by atoms with Crippen molar-refractivity contribution in [3.8, 4) is 0 Å². The number of halogens is 3. The molecule has 0 unspecified atom stereocenters. The minimum absolute atomic E-state index is 0.0838. The first-order valence-electron chi connectivity index (χ1n) is 8.22. The van der Waals surface area contributed by atoms with Gasteiger partial charge in [-0.05, 0) is 35.9 Å². The van der Waals surface area contributed by atoms with Crippen LogP contribution in [0.2, 0.25) is 15.1 Å². The predicted molar refractivity (Wildman–Crippen MR) is 115 cm³/mol. The van der Waals surface area contributed by atoms with E-state index in [9.17, 15) is 8.42 Å². The summed E-state index contributed by atoms with van der Waals surface area (Å²) >= 11 is 19.9. The number of hydrogen-bond acceptors (Lipinski definition) is 5. The summed E-state index contributed by atoms with van der Waals surface area (Å²) in [5.74, 6) is 0.790. The molecule has 142 valence electrons. The molecule has 0 saturated carbocycles. The topological polar surface area (TPSA) is 49.7 Å². The monoisotopic (exact) mass is 460 g/mol. The van der Waals surface area contributed by atoms with Crippen molar-refractivity contribution in [2.75, 3.05) is 16.4 Å². The highest BCUT2D eigenvalue weighted by Gasteiger charge is 2.47. The zero-order chi connectivity index (χ0) is 19.2. The van der Waals surface area contributed by atoms with Crippen LogP contribution in [-0.2, 0) is 15.6 Å². The zero-order valence-corrected chi connectivity index (χ0v) is 17.9. The summed E-state index contributed by atoms with van der Waals surface area (Å²) in [6.07, 6.45) is 0. The van der Waals surface area contributed by atoms with Crippen molar-refractivity contribution >= 4 is 67.3 Å². The Kier molecular flexibility index (Phi) is 5.38. The number of sulfone groups is 1. The van der Waals surface area contributed by atoms with E-state index in [0.717, 1.165) is 16.4 Å². The molecule has 0 amide bonds. The largest absolute Gasteiger partial charge is 0.315 e. The van der Waals surface area contributed by atoms with Crippen LogP contribution in [0.25, 0.3) is 0 Å². The molecule has 0 spiro atoms. The third kappa shape index (κ3) is 4.10. The van der Waals surface area contributed by atoms with Gasteiger partial charge in [-0.1, -0.05) is 58.7 Å². The van der Waals surface area contributed by atoms with Crippen molar-refractivity contribution in [2.24, 2.45) is 4.99 Å². The molecule has 1 fully saturated rings. The summed E-state index contributed by atoms with van der Waals surface area (Å²) in [4.78, 5) is 6.71. The zero-order valence-electron chi connectivity index (χ0n) is 14.0. The number of benzene rings is 2. The fourth-order valence-corrected chi connectivity index (χ4v) is 7.05. The third-order valence-electron chi connectivity index (χ3n) is 4.57. The minimum atomic E-state index is -3.09. The lowest BCUT2D eigenvalue weighted by molar-refractivity contribution is 0.601. The molecule has 27 heavy (non-hydrogen) atoms. The van der Waals surface area contributed by atoms with E-state index in [0.29, 0.717) is 20.8 Å². The SMILES string of the molecule is O=S1(=O)C[C@@H]2[C@@H](C1)N=C(SCc1ccc(Cl)cc1Cl)N2c1cccc(Cl)c1. The number of nitrogens with zero attached hydrogens (tertiary/aromatic N) is 2. The van der Waals surface area contributed by atoms with Crippen LogP contribution >= 0.6 is 46.6 Å². The maximum Gasteiger partial charge on any atom is 0.164 e. The van der Waals surface area contributed by atoms with Gasteiger partial charge in [-0.3, -0.25) is 4.99 Å². The number of anilines is 1. The van der Waals surface area contributed by atoms with Crippen molar-refractivity contribution < 1.29 is 8.42 Å². The molecular weight excluding hydrogens is 447 g/mol. The first kappa shape index (κ1) is 19.4. The van der Waals surface area contributed by atoms with Crippen LogP contribution in [-0.4, -0.2) is 37.2 Å². The van der Waals surface area contributed by atoms with Gasteiger partial charge < -0.3 is 4.90 Å². The molecule has 2 aromatic rings. The van der Waals surface area contributed by atoms with Crippen LogP contribution in [0.4, 0.5) is 5.69 Å². The van der Waals surface area contributed by atoms with Crippen molar-refractivity contribution in [2.45, 2.75) is 17.8 Å². The molecule has 4 rings (SSSR count). The Balaban J connectivity index is 1.63. The molecule has 2 atom stereocenters. The van der Waals surface area contributed by atoms with E-state index >= 15 is 0 Å². The van der Waals surface area contributed by atoms with Crippen molar-refractivity contribution in [1.82, 2.24) is 0 Å². The lowest BCUT2D eigenvalue weighted by atomic mass is 10.1. The fraction of sp³-hybridized carbons (Fsp3) is 0.278. The summed E-state index contributed by atoms with van der Waals surface area (Å²) < 4.78 is 24.2. The second kappa shape index (κ2) is 7.48. The number of hydrogen-bond donors (Lipinski definition) is 0. The summed E-state index contributed by atoms with van der Waals surface area (Å²) in [5.41, 5.74) is 1.80. The Morgan fingerprint density at radius 1 is 1.07 bits per heavy atom. The Morgan fingerprint density at radius 3 is 2.59 bits per heavy atom. The molecule has 0 bridgehead atoms. The van der Waals surface area contributed by atoms with Crippen LogP contribution < -0.4 is 4.90 Å². The first-order valence-corrected chi connectivity index (χ1v) is 12.2. The number of amidine groups is 1. The molecule has 0 aliphatic carbocycles. The van der Waals surface area contributed by atoms with Crippen LogP contribution in [0.15, 0.2) is 47.5 Å². The predicted octanol–water partition coefficient (Wildman–Crippen LogP) is 4.92. The van der Waals surface area contributed by atoms with Gasteiger partial charge in [0.2, 0.25) is 0 Å². The van der Waals surface area contributed by atoms with E-state index in [1.807, 2.05) is 29.2 Å². The summed E-state index contributed by atoms with van der Waals surface area (Å²) in [5, 5.41) is 2.58. The van der Waals surface area contributed by atoms with Gasteiger partial charge in [-0.2, -0.15) is 0 Å². The van der Waals surface area contributed by atoms with E-state index in [1.54, 1.807) is 18.2 Å². The molecular formula is C18H15Cl3N2O2S2. The number of fused-ring (bicyclic) bond motifs is 1. The van der Waals surface area contributed by atoms with Crippen molar-refractivity contribution in [1.29, 1.82) is 0 Å². The standard InChI is InChI=1S/C18H15Cl3N2O2S2/c19-12-2-1-3-14(6-12)23-17-10-27(24,25)9-16(17)22-18(23)26-8-11-4-5-13(20)7-15(11)21/h1-7,16-17H,8-10H2/t16-,17-/m1/s1. The molecule has 2 aliphatic rings. The molecule has 0 N–H and O–H groups in total. The quantitative estimate of drug-likeness (QED) is 0.651. The molecule has 2 aliphatic heterocycles. The Hall–Kier alpha value is -0.920. The van der Waals surface area contributed by atoms with Crippen LogP contribution in [0, 0.1) is 0 Å². The molecule has 0 radical (unpaired) electrons. The van der Waals surface area contributed by atoms with Gasteiger partial charge in [0, 0.05) is 26.5 Å². The van der Waals surface area contributed by atoms with Crippen LogP contribution in [0.3, 0.4) is 0 Å². The molecule has 9 heteroatoms. The molecule has 2 heterocycles. The van der Waals surface area contributed by atoms with Crippen molar-refractivity contribution in [3.05, 3.63) is 63.1 Å². The lowest BCUT2D eigenvalue weighted by Crippen LogP contribution is -2.39. The number of aliphatic imine (C=N–C) groups is 1. The average Bonchev–Trinajstić information content (AvgIpc) is 3.05. The van der Waals surface area contributed by atoms with Crippen molar-refractivity contribution in [3.63, 3.8) is 0 Å². The second-order valence-electron chi connectivity index (χ2n) is 6.50. The lowest BCUT2D eigenvalue weighted by Gasteiger charge is -2.26. The van der Waals surface area contributed by atoms with Gasteiger partial charge in [0.25, 0.3) is 0 Å². The van der Waals surface area contributed by atoms with E-state index in [-0.39, 0.29) is 23.6 Å². The maximum atomic E-state index is 12.1. The molecule has 2 aromatic carbocycles. The summed E-state index contributed by atoms with van der Waals surface area (Å²) in [6.45, 7) is 0. The maximum absolute atomic E-state index is 12.1. The van der Waals surface area contributed by atoms with Gasteiger partial charge in [-0.15, -0.1) is 0 Å². The Bertz CT molecular complexity index is 1030. The number of rotatable bonds is 3.